The second-order valence-corrected chi connectivity index (χ2v) is 8.82. The van der Waals surface area contributed by atoms with Crippen molar-refractivity contribution in [3.05, 3.63) is 53.2 Å². The lowest BCUT2D eigenvalue weighted by Gasteiger charge is -2.44. The second-order valence-electron chi connectivity index (χ2n) is 8.82. The fourth-order valence-corrected chi connectivity index (χ4v) is 5.36. The highest BCUT2D eigenvalue weighted by Gasteiger charge is 2.56. The van der Waals surface area contributed by atoms with Gasteiger partial charge in [0.15, 0.2) is 28.9 Å². The molecular formula is C24H26F2N6O3. The van der Waals surface area contributed by atoms with Crippen LogP contribution in [0, 0.1) is 28.9 Å². The topological polar surface area (TPSA) is 122 Å². The first-order valence-corrected chi connectivity index (χ1v) is 11.5. The van der Waals surface area contributed by atoms with Gasteiger partial charge in [-0.05, 0) is 49.6 Å². The number of nitrogens with one attached hydrogen (secondary N) is 1. The van der Waals surface area contributed by atoms with Crippen molar-refractivity contribution in [3.8, 4) is 6.07 Å². The Hall–Kier alpha value is -3.65. The van der Waals surface area contributed by atoms with Crippen molar-refractivity contribution < 1.29 is 23.5 Å². The predicted molar refractivity (Wildman–Crippen MR) is 122 cm³/mol. The molecule has 2 aliphatic rings. The Kier molecular flexibility index (Phi) is 6.93. The monoisotopic (exact) mass is 484 g/mol. The van der Waals surface area contributed by atoms with Gasteiger partial charge in [-0.25, -0.2) is 13.6 Å². The number of rotatable bonds is 6. The number of carbonyl (C=O) groups is 2. The number of Topliss-reactive ketones (excluding diaryl/α,β-unsaturated/α-hetero) is 1. The molecule has 9 nitrogen and oxygen atoms in total. The molecule has 2 fully saturated rings. The second kappa shape index (κ2) is 9.92. The Morgan fingerprint density at radius 1 is 1.23 bits per heavy atom. The number of benzene rings is 1. The van der Waals surface area contributed by atoms with E-state index in [9.17, 15) is 23.5 Å². The van der Waals surface area contributed by atoms with Gasteiger partial charge in [-0.15, -0.1) is 10.2 Å². The summed E-state index contributed by atoms with van der Waals surface area (Å²) in [6.07, 6.45) is -0.282. The summed E-state index contributed by atoms with van der Waals surface area (Å²) >= 11 is 0. The first kappa shape index (κ1) is 24.5. The van der Waals surface area contributed by atoms with Crippen molar-refractivity contribution in [2.45, 2.75) is 31.2 Å². The van der Waals surface area contributed by atoms with Gasteiger partial charge in [0, 0.05) is 44.6 Å². The van der Waals surface area contributed by atoms with E-state index in [1.165, 1.54) is 6.07 Å². The first-order chi connectivity index (χ1) is 16.8. The number of aromatic nitrogens is 2. The highest BCUT2D eigenvalue weighted by Crippen LogP contribution is 2.41. The van der Waals surface area contributed by atoms with E-state index in [1.54, 1.807) is 19.1 Å². The molecule has 2 aliphatic heterocycles. The number of halogens is 2. The number of hydrogen-bond donors (Lipinski definition) is 2. The Morgan fingerprint density at radius 2 is 1.97 bits per heavy atom. The van der Waals surface area contributed by atoms with Crippen LogP contribution in [0.5, 0.6) is 0 Å². The van der Waals surface area contributed by atoms with Crippen molar-refractivity contribution in [1.29, 1.82) is 5.26 Å². The SMILES string of the molecule is CCN(C(=O)O)[C@]1(C(=O)C2CCN(c3ccc(C#N)nn3)CC2)CNC[C@H]1c1ccc(F)c(F)c1. The zero-order valence-electron chi connectivity index (χ0n) is 19.2. The fourth-order valence-electron chi connectivity index (χ4n) is 5.36. The minimum atomic E-state index is -1.44. The lowest BCUT2D eigenvalue weighted by Crippen LogP contribution is -2.63. The van der Waals surface area contributed by atoms with Crippen molar-refractivity contribution in [1.82, 2.24) is 20.4 Å². The summed E-state index contributed by atoms with van der Waals surface area (Å²) in [4.78, 5) is 29.5. The Bertz CT molecular complexity index is 1150. The highest BCUT2D eigenvalue weighted by atomic mass is 19.2. The summed E-state index contributed by atoms with van der Waals surface area (Å²) < 4.78 is 27.7. The first-order valence-electron chi connectivity index (χ1n) is 11.5. The van der Waals surface area contributed by atoms with E-state index >= 15 is 0 Å². The third kappa shape index (κ3) is 4.41. The van der Waals surface area contributed by atoms with Crippen LogP contribution in [0.2, 0.25) is 0 Å². The number of anilines is 1. The standard InChI is InChI=1S/C24H26F2N6O3/c1-2-32(23(34)35)24(14-28-13-18(24)16-3-5-19(25)20(26)11-16)22(33)15-7-9-31(10-8-15)21-6-4-17(12-27)29-30-21/h3-6,11,15,18,28H,2,7-10,13-14H2,1H3,(H,34,35)/t18-,24+/m0/s1. The lowest BCUT2D eigenvalue weighted by molar-refractivity contribution is -0.135. The zero-order chi connectivity index (χ0) is 25.2. The number of piperidine rings is 1. The number of likely N-dealkylation sites (N-methyl/N-ethyl adjacent to an activating group) is 1. The number of nitriles is 1. The number of amides is 1. The van der Waals surface area contributed by atoms with Gasteiger partial charge in [-0.2, -0.15) is 5.26 Å². The van der Waals surface area contributed by atoms with Gasteiger partial charge >= 0.3 is 6.09 Å². The number of carbonyl (C=O) groups excluding carboxylic acids is 1. The smallest absolute Gasteiger partial charge is 0.408 e. The molecule has 1 aromatic heterocycles. The van der Waals surface area contributed by atoms with Gasteiger partial charge in [0.05, 0.1) is 0 Å². The maximum absolute atomic E-state index is 14.1. The van der Waals surface area contributed by atoms with Gasteiger partial charge in [0.2, 0.25) is 0 Å². The van der Waals surface area contributed by atoms with Crippen LogP contribution in [0.3, 0.4) is 0 Å². The molecular weight excluding hydrogens is 458 g/mol. The van der Waals surface area contributed by atoms with Crippen molar-refractivity contribution >= 4 is 17.7 Å². The maximum atomic E-state index is 14.1. The van der Waals surface area contributed by atoms with Gasteiger partial charge in [0.1, 0.15) is 11.6 Å². The number of hydrogen-bond acceptors (Lipinski definition) is 7. The summed E-state index contributed by atoms with van der Waals surface area (Å²) in [5.74, 6) is -2.73. The third-order valence-electron chi connectivity index (χ3n) is 7.08. The van der Waals surface area contributed by atoms with Gasteiger partial charge < -0.3 is 15.3 Å². The molecule has 3 heterocycles. The van der Waals surface area contributed by atoms with E-state index < -0.39 is 35.1 Å². The fraction of sp³-hybridized carbons (Fsp3) is 0.458. The van der Waals surface area contributed by atoms with Crippen molar-refractivity contribution in [3.63, 3.8) is 0 Å². The Morgan fingerprint density at radius 3 is 2.54 bits per heavy atom. The van der Waals surface area contributed by atoms with E-state index in [0.29, 0.717) is 37.3 Å². The zero-order valence-corrected chi connectivity index (χ0v) is 19.2. The minimum Gasteiger partial charge on any atom is -0.465 e. The molecule has 0 saturated carbocycles. The summed E-state index contributed by atoms with van der Waals surface area (Å²) in [6, 6.07) is 8.69. The molecule has 0 aliphatic carbocycles. The molecule has 2 atom stereocenters. The minimum absolute atomic E-state index is 0.0720. The van der Waals surface area contributed by atoms with Crippen LogP contribution in [-0.4, -0.2) is 70.3 Å². The lowest BCUT2D eigenvalue weighted by atomic mass is 9.71. The van der Waals surface area contributed by atoms with Crippen LogP contribution in [0.1, 0.15) is 36.9 Å². The van der Waals surface area contributed by atoms with E-state index in [-0.39, 0.29) is 31.1 Å². The van der Waals surface area contributed by atoms with Gasteiger partial charge in [-0.1, -0.05) is 6.07 Å². The van der Waals surface area contributed by atoms with Gasteiger partial charge in [0.25, 0.3) is 0 Å². The maximum Gasteiger partial charge on any atom is 0.408 e. The quantitative estimate of drug-likeness (QED) is 0.642. The van der Waals surface area contributed by atoms with Crippen molar-refractivity contribution in [2.75, 3.05) is 37.6 Å². The van der Waals surface area contributed by atoms with Crippen molar-refractivity contribution in [2.24, 2.45) is 5.92 Å². The molecule has 35 heavy (non-hydrogen) atoms. The molecule has 0 unspecified atom stereocenters. The van der Waals surface area contributed by atoms with Crippen LogP contribution >= 0.6 is 0 Å². The van der Waals surface area contributed by atoms with E-state index in [1.807, 2.05) is 11.0 Å². The van der Waals surface area contributed by atoms with Crippen LogP contribution in [0.4, 0.5) is 19.4 Å². The van der Waals surface area contributed by atoms with Crippen LogP contribution < -0.4 is 10.2 Å². The largest absolute Gasteiger partial charge is 0.465 e. The van der Waals surface area contributed by atoms with Crippen LogP contribution in [0.25, 0.3) is 0 Å². The average Bonchev–Trinajstić information content (AvgIpc) is 3.31. The summed E-state index contributed by atoms with van der Waals surface area (Å²) in [6.45, 7) is 3.11. The van der Waals surface area contributed by atoms with E-state index in [4.69, 9.17) is 5.26 Å². The van der Waals surface area contributed by atoms with E-state index in [0.717, 1.165) is 17.0 Å². The summed E-state index contributed by atoms with van der Waals surface area (Å²) in [5.41, 5.74) is -0.843. The average molecular weight is 485 g/mol. The molecule has 2 saturated heterocycles. The summed E-state index contributed by atoms with van der Waals surface area (Å²) in [5, 5.41) is 30.0. The molecule has 11 heteroatoms. The molecule has 1 amide bonds. The summed E-state index contributed by atoms with van der Waals surface area (Å²) in [7, 11) is 0. The predicted octanol–water partition coefficient (Wildman–Crippen LogP) is 2.54. The van der Waals surface area contributed by atoms with E-state index in [2.05, 4.69) is 15.5 Å². The number of nitrogens with zero attached hydrogens (tertiary/aromatic N) is 5. The molecule has 0 radical (unpaired) electrons. The molecule has 2 aromatic rings. The Balaban J connectivity index is 1.62. The number of ketones is 1. The molecule has 184 valence electrons. The molecule has 0 bridgehead atoms. The normalized spacial score (nSPS) is 22.6. The molecule has 0 spiro atoms. The number of carboxylic acid groups (broad SMARTS) is 1. The molecule has 4 rings (SSSR count). The molecule has 2 N–H and O–H groups in total. The molecule has 1 aromatic carbocycles. The van der Waals surface area contributed by atoms with Crippen LogP contribution in [-0.2, 0) is 4.79 Å². The van der Waals surface area contributed by atoms with Crippen LogP contribution in [0.15, 0.2) is 30.3 Å². The highest BCUT2D eigenvalue weighted by molar-refractivity contribution is 5.95. The Labute approximate surface area is 201 Å². The third-order valence-corrected chi connectivity index (χ3v) is 7.08. The van der Waals surface area contributed by atoms with Gasteiger partial charge in [-0.3, -0.25) is 9.69 Å².